The molecule has 0 saturated heterocycles. The summed E-state index contributed by atoms with van der Waals surface area (Å²) < 4.78 is 1.05. The van der Waals surface area contributed by atoms with Crippen molar-refractivity contribution in [3.8, 4) is 0 Å². The second-order valence-corrected chi connectivity index (χ2v) is 10.1. The van der Waals surface area contributed by atoms with Crippen molar-refractivity contribution in [2.24, 2.45) is 23.2 Å². The van der Waals surface area contributed by atoms with Gasteiger partial charge in [-0.25, -0.2) is 4.68 Å². The predicted molar refractivity (Wildman–Crippen MR) is 124 cm³/mol. The van der Waals surface area contributed by atoms with Crippen molar-refractivity contribution >= 4 is 23.2 Å². The van der Waals surface area contributed by atoms with Gasteiger partial charge in [-0.15, -0.1) is 0 Å². The first-order valence-electron chi connectivity index (χ1n) is 11.2. The highest BCUT2D eigenvalue weighted by Gasteiger charge is 2.56. The summed E-state index contributed by atoms with van der Waals surface area (Å²) in [7, 11) is 0. The molecule has 1 aromatic heterocycles. The number of aliphatic hydroxyl groups is 1. The summed E-state index contributed by atoms with van der Waals surface area (Å²) in [6, 6.07) is 8.86. The van der Waals surface area contributed by atoms with E-state index < -0.39 is 17.5 Å². The van der Waals surface area contributed by atoms with Crippen LogP contribution in [0.15, 0.2) is 41.3 Å². The first kappa shape index (κ1) is 22.8. The van der Waals surface area contributed by atoms with E-state index in [1.54, 1.807) is 0 Å². The van der Waals surface area contributed by atoms with Gasteiger partial charge in [0, 0.05) is 6.04 Å². The number of aliphatic hydroxyl groups excluding tert-OH is 1. The van der Waals surface area contributed by atoms with E-state index in [-0.39, 0.29) is 24.2 Å². The van der Waals surface area contributed by atoms with Crippen molar-refractivity contribution < 1.29 is 9.90 Å². The van der Waals surface area contributed by atoms with Crippen LogP contribution in [0.4, 0.5) is 5.69 Å². The maximum atomic E-state index is 12.7. The number of carbonyl (C=O) groups is 1. The fourth-order valence-corrected chi connectivity index (χ4v) is 5.72. The first-order valence-corrected chi connectivity index (χ1v) is 11.6. The van der Waals surface area contributed by atoms with Crippen molar-refractivity contribution in [1.82, 2.24) is 15.1 Å². The number of nitrogens with one attached hydrogen (secondary N) is 2. The van der Waals surface area contributed by atoms with Crippen LogP contribution in [-0.2, 0) is 11.3 Å². The van der Waals surface area contributed by atoms with Gasteiger partial charge in [-0.3, -0.25) is 9.59 Å². The van der Waals surface area contributed by atoms with Crippen LogP contribution in [0.25, 0.3) is 0 Å². The topological polar surface area (TPSA) is 96.2 Å². The SMILES string of the molecule is C[C@H]1[C@H](Nc2cnn(CC(=O)N[C@H](CO)c3ccccc3)c(=O)c2Cl)C[C@H]2C[C@@H]1C2(C)C. The number of carbonyl (C=O) groups excluding carboxylic acids is 1. The second-order valence-electron chi connectivity index (χ2n) is 9.75. The van der Waals surface area contributed by atoms with Gasteiger partial charge in [0.05, 0.1) is 24.5 Å². The van der Waals surface area contributed by atoms with Crippen molar-refractivity contribution in [1.29, 1.82) is 0 Å². The highest BCUT2D eigenvalue weighted by Crippen LogP contribution is 2.61. The number of fused-ring (bicyclic) bond motifs is 2. The van der Waals surface area contributed by atoms with Crippen molar-refractivity contribution in [3.63, 3.8) is 0 Å². The highest BCUT2D eigenvalue weighted by atomic mass is 35.5. The van der Waals surface area contributed by atoms with Gasteiger partial charge >= 0.3 is 0 Å². The molecule has 7 nitrogen and oxygen atoms in total. The molecular formula is C24H31ClN4O3. The van der Waals surface area contributed by atoms with Crippen LogP contribution in [0.3, 0.4) is 0 Å². The molecule has 0 aliphatic heterocycles. The standard InChI is InChI=1S/C24H31ClN4O3/c1-14-17-9-16(24(17,2)3)10-18(14)27-19-11-26-29(23(32)22(19)25)12-21(31)28-20(13-30)15-7-5-4-6-8-15/h4-8,11,14,16-18,20,27,30H,9-10,12-13H2,1-3H3,(H,28,31)/t14-,16-,17+,18-,20-/m1/s1. The molecule has 3 aliphatic rings. The fourth-order valence-electron chi connectivity index (χ4n) is 5.51. The van der Waals surface area contributed by atoms with E-state index in [1.165, 1.54) is 12.6 Å². The van der Waals surface area contributed by atoms with Crippen LogP contribution >= 0.6 is 11.6 Å². The average molecular weight is 459 g/mol. The molecule has 1 amide bonds. The molecule has 0 unspecified atom stereocenters. The van der Waals surface area contributed by atoms with Gasteiger partial charge in [-0.1, -0.05) is 62.7 Å². The minimum Gasteiger partial charge on any atom is -0.394 e. The molecule has 1 aromatic carbocycles. The quantitative estimate of drug-likeness (QED) is 0.592. The van der Waals surface area contributed by atoms with Crippen LogP contribution in [0.5, 0.6) is 0 Å². The summed E-state index contributed by atoms with van der Waals surface area (Å²) in [6.45, 7) is 6.42. The second kappa shape index (κ2) is 8.87. The Morgan fingerprint density at radius 1 is 1.31 bits per heavy atom. The van der Waals surface area contributed by atoms with E-state index in [2.05, 4.69) is 36.5 Å². The van der Waals surface area contributed by atoms with Gasteiger partial charge in [-0.2, -0.15) is 5.10 Å². The Kier molecular flexibility index (Phi) is 6.32. The summed E-state index contributed by atoms with van der Waals surface area (Å²) in [4.78, 5) is 25.2. The molecule has 2 aromatic rings. The zero-order chi connectivity index (χ0) is 23.0. The highest BCUT2D eigenvalue weighted by molar-refractivity contribution is 6.32. The molecule has 8 heteroatoms. The Hall–Kier alpha value is -2.38. The smallest absolute Gasteiger partial charge is 0.288 e. The molecule has 5 rings (SSSR count). The molecular weight excluding hydrogens is 428 g/mol. The monoisotopic (exact) mass is 458 g/mol. The third-order valence-corrected chi connectivity index (χ3v) is 8.06. The first-order chi connectivity index (χ1) is 15.2. The van der Waals surface area contributed by atoms with E-state index >= 15 is 0 Å². The molecule has 32 heavy (non-hydrogen) atoms. The number of hydrogen-bond donors (Lipinski definition) is 3. The molecule has 1 heterocycles. The van der Waals surface area contributed by atoms with E-state index in [0.717, 1.165) is 16.7 Å². The normalized spacial score (nSPS) is 26.7. The number of nitrogens with zero attached hydrogens (tertiary/aromatic N) is 2. The van der Waals surface area contributed by atoms with Crippen LogP contribution in [0.2, 0.25) is 5.02 Å². The minimum atomic E-state index is -0.556. The molecule has 3 aliphatic carbocycles. The van der Waals surface area contributed by atoms with Crippen LogP contribution in [0, 0.1) is 23.2 Å². The molecule has 3 N–H and O–H groups in total. The summed E-state index contributed by atoms with van der Waals surface area (Å²) in [6.07, 6.45) is 3.84. The Morgan fingerprint density at radius 2 is 2.03 bits per heavy atom. The fraction of sp³-hybridized carbons (Fsp3) is 0.542. The summed E-state index contributed by atoms with van der Waals surface area (Å²) in [5.41, 5.74) is 1.16. The lowest BCUT2D eigenvalue weighted by molar-refractivity contribution is -0.123. The molecule has 5 atom stereocenters. The van der Waals surface area contributed by atoms with Gasteiger partial charge in [-0.05, 0) is 41.6 Å². The molecule has 0 radical (unpaired) electrons. The number of hydrogen-bond acceptors (Lipinski definition) is 5. The lowest BCUT2D eigenvalue weighted by Crippen LogP contribution is -2.58. The Morgan fingerprint density at radius 3 is 2.66 bits per heavy atom. The minimum absolute atomic E-state index is 0.0419. The Labute approximate surface area is 193 Å². The van der Waals surface area contributed by atoms with Crippen LogP contribution in [-0.4, -0.2) is 33.4 Å². The summed E-state index contributed by atoms with van der Waals surface area (Å²) >= 11 is 6.37. The zero-order valence-corrected chi connectivity index (χ0v) is 19.5. The van der Waals surface area contributed by atoms with Gasteiger partial charge in [0.2, 0.25) is 5.91 Å². The Balaban J connectivity index is 1.42. The number of aromatic nitrogens is 2. The number of rotatable bonds is 7. The van der Waals surface area contributed by atoms with E-state index in [4.69, 9.17) is 11.6 Å². The number of anilines is 1. The van der Waals surface area contributed by atoms with Crippen molar-refractivity contribution in [2.45, 2.75) is 52.2 Å². The lowest BCUT2D eigenvalue weighted by atomic mass is 9.45. The number of benzene rings is 1. The Bertz CT molecular complexity index is 1040. The largest absolute Gasteiger partial charge is 0.394 e. The summed E-state index contributed by atoms with van der Waals surface area (Å²) in [5, 5.41) is 20.0. The molecule has 172 valence electrons. The summed E-state index contributed by atoms with van der Waals surface area (Å²) in [5.74, 6) is 1.40. The molecule has 3 fully saturated rings. The van der Waals surface area contributed by atoms with Crippen molar-refractivity contribution in [3.05, 3.63) is 57.5 Å². The maximum Gasteiger partial charge on any atom is 0.288 e. The third-order valence-electron chi connectivity index (χ3n) is 7.69. The molecule has 0 spiro atoms. The van der Waals surface area contributed by atoms with Crippen LogP contribution < -0.4 is 16.2 Å². The van der Waals surface area contributed by atoms with Gasteiger partial charge in [0.25, 0.3) is 5.56 Å². The zero-order valence-electron chi connectivity index (χ0n) is 18.7. The van der Waals surface area contributed by atoms with Gasteiger partial charge in [0.15, 0.2) is 0 Å². The third kappa shape index (κ3) is 4.16. The van der Waals surface area contributed by atoms with Crippen molar-refractivity contribution in [2.75, 3.05) is 11.9 Å². The van der Waals surface area contributed by atoms with Gasteiger partial charge < -0.3 is 15.7 Å². The van der Waals surface area contributed by atoms with E-state index in [1.807, 2.05) is 30.3 Å². The van der Waals surface area contributed by atoms with E-state index in [0.29, 0.717) is 28.9 Å². The predicted octanol–water partition coefficient (Wildman–Crippen LogP) is 3.23. The van der Waals surface area contributed by atoms with Gasteiger partial charge in [0.1, 0.15) is 11.6 Å². The molecule has 2 bridgehead atoms. The van der Waals surface area contributed by atoms with E-state index in [9.17, 15) is 14.7 Å². The molecule has 3 saturated carbocycles. The number of halogens is 1. The average Bonchev–Trinajstić information content (AvgIpc) is 2.78. The maximum absolute atomic E-state index is 12.7. The number of amides is 1. The lowest BCUT2D eigenvalue weighted by Gasteiger charge is -2.62. The van der Waals surface area contributed by atoms with Crippen LogP contribution in [0.1, 0.15) is 45.2 Å².